The number of carbonyl (C=O) groups excluding carboxylic acids is 1. The van der Waals surface area contributed by atoms with E-state index in [0.717, 1.165) is 5.56 Å². The number of para-hydroxylation sites is 1. The first-order chi connectivity index (χ1) is 11.6. The van der Waals surface area contributed by atoms with Crippen LogP contribution in [0, 0.1) is 0 Å². The fourth-order valence-corrected chi connectivity index (χ4v) is 2.18. The number of benzene rings is 2. The van der Waals surface area contributed by atoms with E-state index in [-0.39, 0.29) is 5.56 Å². The van der Waals surface area contributed by atoms with Crippen molar-refractivity contribution in [3.63, 3.8) is 0 Å². The Balaban J connectivity index is 1.78. The van der Waals surface area contributed by atoms with Crippen LogP contribution in [0.1, 0.15) is 11.4 Å². The van der Waals surface area contributed by atoms with Crippen molar-refractivity contribution in [2.24, 2.45) is 0 Å². The van der Waals surface area contributed by atoms with Crippen molar-refractivity contribution in [1.82, 2.24) is 9.97 Å². The number of carboxylic acids is 1. The third-order valence-corrected chi connectivity index (χ3v) is 3.30. The van der Waals surface area contributed by atoms with Crippen LogP contribution in [0.3, 0.4) is 0 Å². The maximum Gasteiger partial charge on any atom is 0.259 e. The first-order valence-corrected chi connectivity index (χ1v) is 7.22. The molecule has 0 saturated heterocycles. The Morgan fingerprint density at radius 3 is 2.62 bits per heavy atom. The molecule has 0 radical (unpaired) electrons. The van der Waals surface area contributed by atoms with Gasteiger partial charge >= 0.3 is 0 Å². The molecule has 0 amide bonds. The SMILES string of the molecule is O=C([O-])COc1ccc(/C=C/c2nc3ccccc3c(=O)[nH]2)cc1. The van der Waals surface area contributed by atoms with Gasteiger partial charge in [-0.25, -0.2) is 4.98 Å². The summed E-state index contributed by atoms with van der Waals surface area (Å²) < 4.78 is 5.00. The van der Waals surface area contributed by atoms with Crippen LogP contribution in [0.4, 0.5) is 0 Å². The molecular weight excluding hydrogens is 308 g/mol. The Hall–Kier alpha value is -3.41. The van der Waals surface area contributed by atoms with Crippen LogP contribution in [0.2, 0.25) is 0 Å². The zero-order valence-corrected chi connectivity index (χ0v) is 12.6. The lowest BCUT2D eigenvalue weighted by Gasteiger charge is -2.06. The number of aromatic amines is 1. The average molecular weight is 321 g/mol. The second-order valence-electron chi connectivity index (χ2n) is 5.03. The molecule has 6 heteroatoms. The maximum absolute atomic E-state index is 12.0. The molecule has 6 nitrogen and oxygen atoms in total. The van der Waals surface area contributed by atoms with Gasteiger partial charge in [0.25, 0.3) is 5.56 Å². The van der Waals surface area contributed by atoms with Crippen LogP contribution in [0.15, 0.2) is 53.3 Å². The number of fused-ring (bicyclic) bond motifs is 1. The number of nitrogens with zero attached hydrogens (tertiary/aromatic N) is 1. The second kappa shape index (κ2) is 6.78. The van der Waals surface area contributed by atoms with Gasteiger partial charge in [-0.3, -0.25) is 4.79 Å². The van der Waals surface area contributed by atoms with Crippen molar-refractivity contribution in [2.75, 3.05) is 6.61 Å². The highest BCUT2D eigenvalue weighted by Crippen LogP contribution is 2.14. The lowest BCUT2D eigenvalue weighted by Crippen LogP contribution is -2.28. The van der Waals surface area contributed by atoms with Gasteiger partial charge in [-0.2, -0.15) is 0 Å². The Morgan fingerprint density at radius 1 is 1.12 bits per heavy atom. The van der Waals surface area contributed by atoms with Crippen LogP contribution in [-0.4, -0.2) is 22.5 Å². The van der Waals surface area contributed by atoms with Gasteiger partial charge in [0, 0.05) is 0 Å². The molecule has 1 heterocycles. The van der Waals surface area contributed by atoms with Gasteiger partial charge in [0.2, 0.25) is 0 Å². The molecule has 1 aromatic heterocycles. The van der Waals surface area contributed by atoms with E-state index in [1.807, 2.05) is 6.07 Å². The van der Waals surface area contributed by atoms with Gasteiger partial charge in [-0.1, -0.05) is 30.3 Å². The number of carbonyl (C=O) groups is 1. The van der Waals surface area contributed by atoms with E-state index in [4.69, 9.17) is 4.74 Å². The van der Waals surface area contributed by atoms with Crippen LogP contribution in [0.25, 0.3) is 23.1 Å². The summed E-state index contributed by atoms with van der Waals surface area (Å²) in [5.41, 5.74) is 1.30. The topological polar surface area (TPSA) is 95.1 Å². The largest absolute Gasteiger partial charge is 0.546 e. The molecule has 120 valence electrons. The number of carboxylic acid groups (broad SMARTS) is 1. The van der Waals surface area contributed by atoms with Crippen molar-refractivity contribution in [1.29, 1.82) is 0 Å². The van der Waals surface area contributed by atoms with Crippen LogP contribution >= 0.6 is 0 Å². The summed E-state index contributed by atoms with van der Waals surface area (Å²) in [7, 11) is 0. The molecule has 0 bridgehead atoms. The summed E-state index contributed by atoms with van der Waals surface area (Å²) >= 11 is 0. The van der Waals surface area contributed by atoms with Gasteiger partial charge in [-0.05, 0) is 35.9 Å². The maximum atomic E-state index is 12.0. The number of aromatic nitrogens is 2. The predicted molar refractivity (Wildman–Crippen MR) is 88.2 cm³/mol. The summed E-state index contributed by atoms with van der Waals surface area (Å²) in [6.45, 7) is -0.489. The third-order valence-electron chi connectivity index (χ3n) is 3.30. The van der Waals surface area contributed by atoms with Crippen LogP contribution in [-0.2, 0) is 4.79 Å². The Morgan fingerprint density at radius 2 is 1.88 bits per heavy atom. The van der Waals surface area contributed by atoms with Crippen LogP contribution in [0.5, 0.6) is 5.75 Å². The van der Waals surface area contributed by atoms with Crippen LogP contribution < -0.4 is 15.4 Å². The van der Waals surface area contributed by atoms with E-state index in [1.54, 1.807) is 54.6 Å². The van der Waals surface area contributed by atoms with E-state index >= 15 is 0 Å². The Kier molecular flexibility index (Phi) is 4.38. The van der Waals surface area contributed by atoms with Gasteiger partial charge in [-0.15, -0.1) is 0 Å². The summed E-state index contributed by atoms with van der Waals surface area (Å²) in [5.74, 6) is -0.380. The van der Waals surface area contributed by atoms with Gasteiger partial charge in [0.05, 0.1) is 16.9 Å². The fraction of sp³-hybridized carbons (Fsp3) is 0.0556. The molecule has 0 spiro atoms. The summed E-state index contributed by atoms with van der Waals surface area (Å²) in [6.07, 6.45) is 3.49. The van der Waals surface area contributed by atoms with Crippen molar-refractivity contribution in [2.45, 2.75) is 0 Å². The zero-order valence-electron chi connectivity index (χ0n) is 12.6. The van der Waals surface area contributed by atoms with E-state index in [9.17, 15) is 14.7 Å². The summed E-state index contributed by atoms with van der Waals surface area (Å²) in [6, 6.07) is 14.0. The van der Waals surface area contributed by atoms with E-state index < -0.39 is 12.6 Å². The molecule has 0 unspecified atom stereocenters. The Bertz CT molecular complexity index is 959. The smallest absolute Gasteiger partial charge is 0.259 e. The predicted octanol–water partition coefficient (Wildman–Crippen LogP) is 1.22. The highest BCUT2D eigenvalue weighted by molar-refractivity contribution is 5.79. The minimum atomic E-state index is -1.27. The van der Waals surface area contributed by atoms with Crippen molar-refractivity contribution >= 4 is 29.0 Å². The first-order valence-electron chi connectivity index (χ1n) is 7.22. The molecule has 2 aromatic carbocycles. The van der Waals surface area contributed by atoms with Crippen molar-refractivity contribution < 1.29 is 14.6 Å². The van der Waals surface area contributed by atoms with E-state index in [2.05, 4.69) is 9.97 Å². The molecule has 0 aliphatic carbocycles. The second-order valence-corrected chi connectivity index (χ2v) is 5.03. The average Bonchev–Trinajstić information content (AvgIpc) is 2.59. The normalized spacial score (nSPS) is 11.0. The number of aliphatic carboxylic acids is 1. The first kappa shape index (κ1) is 15.5. The van der Waals surface area contributed by atoms with Gasteiger partial charge < -0.3 is 19.6 Å². The van der Waals surface area contributed by atoms with E-state index in [0.29, 0.717) is 22.5 Å². The Labute approximate surface area is 137 Å². The molecule has 0 aliphatic heterocycles. The highest BCUT2D eigenvalue weighted by Gasteiger charge is 2.00. The monoisotopic (exact) mass is 321 g/mol. The number of hydrogen-bond donors (Lipinski definition) is 1. The van der Waals surface area contributed by atoms with Gasteiger partial charge in [0.1, 0.15) is 18.2 Å². The quantitative estimate of drug-likeness (QED) is 0.762. The van der Waals surface area contributed by atoms with Gasteiger partial charge in [0.15, 0.2) is 0 Å². The van der Waals surface area contributed by atoms with E-state index in [1.165, 1.54) is 0 Å². The molecule has 3 rings (SSSR count). The third kappa shape index (κ3) is 3.67. The number of rotatable bonds is 5. The summed E-state index contributed by atoms with van der Waals surface area (Å²) in [4.78, 5) is 29.4. The molecule has 0 fully saturated rings. The lowest BCUT2D eigenvalue weighted by molar-refractivity contribution is -0.307. The molecular formula is C18H13N2O4-. The lowest BCUT2D eigenvalue weighted by atomic mass is 10.2. The van der Waals surface area contributed by atoms with Crippen molar-refractivity contribution in [3.05, 3.63) is 70.3 Å². The fourth-order valence-electron chi connectivity index (χ4n) is 2.18. The molecule has 1 N–H and O–H groups in total. The standard InChI is InChI=1S/C18H14N2O4/c21-17(22)11-24-13-8-5-12(6-9-13)7-10-16-19-15-4-2-1-3-14(15)18(23)20-16/h1-10H,11H2,(H,21,22)(H,19,20,23)/p-1/b10-7+. The number of ether oxygens (including phenoxy) is 1. The number of H-pyrrole nitrogens is 1. The minimum Gasteiger partial charge on any atom is -0.546 e. The molecule has 0 saturated carbocycles. The zero-order chi connectivity index (χ0) is 16.9. The van der Waals surface area contributed by atoms with Crippen molar-refractivity contribution in [3.8, 4) is 5.75 Å². The molecule has 0 atom stereocenters. The number of nitrogens with one attached hydrogen (secondary N) is 1. The molecule has 3 aromatic rings. The molecule has 24 heavy (non-hydrogen) atoms. The number of hydrogen-bond acceptors (Lipinski definition) is 5. The summed E-state index contributed by atoms with van der Waals surface area (Å²) in [5, 5.41) is 10.9. The highest BCUT2D eigenvalue weighted by atomic mass is 16.5. The minimum absolute atomic E-state index is 0.189. The molecule has 0 aliphatic rings.